The predicted molar refractivity (Wildman–Crippen MR) is 53.0 cm³/mol. The van der Waals surface area contributed by atoms with Gasteiger partial charge in [-0.2, -0.15) is 4.98 Å². The van der Waals surface area contributed by atoms with E-state index in [4.69, 9.17) is 8.94 Å². The van der Waals surface area contributed by atoms with Crippen LogP contribution in [0.15, 0.2) is 27.3 Å². The van der Waals surface area contributed by atoms with Gasteiger partial charge >= 0.3 is 0 Å². The molecule has 0 aliphatic carbocycles. The van der Waals surface area contributed by atoms with E-state index in [1.165, 1.54) is 0 Å². The summed E-state index contributed by atoms with van der Waals surface area (Å²) in [5.74, 6) is 2.14. The summed E-state index contributed by atoms with van der Waals surface area (Å²) in [6, 6.07) is 3.93. The predicted octanol–water partition coefficient (Wildman–Crippen LogP) is 1.82. The number of rotatable bonds is 4. The van der Waals surface area contributed by atoms with Crippen LogP contribution in [0, 0.1) is 6.92 Å². The molecule has 2 aromatic heterocycles. The minimum atomic E-state index is 0.138. The van der Waals surface area contributed by atoms with Crippen molar-refractivity contribution in [2.24, 2.45) is 0 Å². The van der Waals surface area contributed by atoms with E-state index >= 15 is 0 Å². The molecule has 0 bridgehead atoms. The molecule has 1 N–H and O–H groups in total. The molecular formula is C10H13N3O2. The molecule has 1 atom stereocenters. The van der Waals surface area contributed by atoms with Crippen molar-refractivity contribution >= 4 is 0 Å². The van der Waals surface area contributed by atoms with Crippen LogP contribution in [0.2, 0.25) is 0 Å². The van der Waals surface area contributed by atoms with Gasteiger partial charge in [-0.15, -0.1) is 0 Å². The molecule has 0 unspecified atom stereocenters. The molecule has 0 radical (unpaired) electrons. The Hall–Kier alpha value is -1.62. The first-order valence-electron chi connectivity index (χ1n) is 4.81. The van der Waals surface area contributed by atoms with Crippen molar-refractivity contribution in [1.82, 2.24) is 15.5 Å². The van der Waals surface area contributed by atoms with Gasteiger partial charge < -0.3 is 14.3 Å². The zero-order chi connectivity index (χ0) is 10.7. The van der Waals surface area contributed by atoms with E-state index in [1.807, 2.05) is 19.1 Å². The normalized spacial score (nSPS) is 12.9. The van der Waals surface area contributed by atoms with E-state index in [0.29, 0.717) is 18.3 Å². The summed E-state index contributed by atoms with van der Waals surface area (Å²) in [7, 11) is 0. The molecule has 0 saturated heterocycles. The van der Waals surface area contributed by atoms with Gasteiger partial charge in [0.05, 0.1) is 18.8 Å². The highest BCUT2D eigenvalue weighted by molar-refractivity contribution is 5.03. The summed E-state index contributed by atoms with van der Waals surface area (Å²) in [4.78, 5) is 4.09. The quantitative estimate of drug-likeness (QED) is 0.828. The van der Waals surface area contributed by atoms with Crippen LogP contribution < -0.4 is 5.32 Å². The molecule has 2 rings (SSSR count). The molecule has 0 saturated carbocycles. The van der Waals surface area contributed by atoms with Crippen LogP contribution in [0.3, 0.4) is 0 Å². The fourth-order valence-electron chi connectivity index (χ4n) is 1.30. The van der Waals surface area contributed by atoms with Gasteiger partial charge in [-0.3, -0.25) is 0 Å². The highest BCUT2D eigenvalue weighted by Gasteiger charge is 2.09. The summed E-state index contributed by atoms with van der Waals surface area (Å²) >= 11 is 0. The molecule has 2 heterocycles. The summed E-state index contributed by atoms with van der Waals surface area (Å²) in [6.07, 6.45) is 1.66. The van der Waals surface area contributed by atoms with E-state index in [2.05, 4.69) is 15.5 Å². The molecule has 0 aliphatic heterocycles. The number of nitrogens with one attached hydrogen (secondary N) is 1. The summed E-state index contributed by atoms with van der Waals surface area (Å²) in [5, 5.41) is 7.03. The van der Waals surface area contributed by atoms with Crippen LogP contribution in [0.4, 0.5) is 0 Å². The van der Waals surface area contributed by atoms with E-state index in [9.17, 15) is 0 Å². The highest BCUT2D eigenvalue weighted by Crippen LogP contribution is 2.12. The standard InChI is InChI=1S/C10H13N3O2/c1-7(9-4-3-5-14-9)11-6-10-12-8(2)15-13-10/h3-5,7,11H,6H2,1-2H3/t7-/m1/s1. The van der Waals surface area contributed by atoms with E-state index < -0.39 is 0 Å². The van der Waals surface area contributed by atoms with Crippen molar-refractivity contribution in [2.45, 2.75) is 26.4 Å². The third kappa shape index (κ3) is 2.44. The Morgan fingerprint density at radius 2 is 2.40 bits per heavy atom. The number of nitrogens with zero attached hydrogens (tertiary/aromatic N) is 2. The van der Waals surface area contributed by atoms with Gasteiger partial charge in [0.1, 0.15) is 5.76 Å². The fraction of sp³-hybridized carbons (Fsp3) is 0.400. The van der Waals surface area contributed by atoms with Crippen LogP contribution in [0.25, 0.3) is 0 Å². The summed E-state index contributed by atoms with van der Waals surface area (Å²) in [6.45, 7) is 4.36. The molecule has 0 aliphatic rings. The van der Waals surface area contributed by atoms with Crippen molar-refractivity contribution in [3.8, 4) is 0 Å². The molecule has 5 heteroatoms. The lowest BCUT2D eigenvalue weighted by Gasteiger charge is -2.08. The van der Waals surface area contributed by atoms with Crippen molar-refractivity contribution in [3.05, 3.63) is 35.9 Å². The molecule has 2 aromatic rings. The summed E-state index contributed by atoms with van der Waals surface area (Å²) in [5.41, 5.74) is 0. The number of hydrogen-bond donors (Lipinski definition) is 1. The second-order valence-electron chi connectivity index (χ2n) is 3.35. The van der Waals surface area contributed by atoms with Gasteiger partial charge in [-0.1, -0.05) is 5.16 Å². The number of furan rings is 1. The van der Waals surface area contributed by atoms with Crippen molar-refractivity contribution in [2.75, 3.05) is 0 Å². The molecular weight excluding hydrogens is 194 g/mol. The first kappa shape index (κ1) is 9.92. The minimum absolute atomic E-state index is 0.138. The van der Waals surface area contributed by atoms with Crippen LogP contribution in [0.1, 0.15) is 30.4 Å². The lowest BCUT2D eigenvalue weighted by atomic mass is 10.2. The van der Waals surface area contributed by atoms with Crippen LogP contribution >= 0.6 is 0 Å². The zero-order valence-corrected chi connectivity index (χ0v) is 8.73. The number of aromatic nitrogens is 2. The first-order valence-corrected chi connectivity index (χ1v) is 4.81. The molecule has 80 valence electrons. The average Bonchev–Trinajstić information content (AvgIpc) is 2.84. The largest absolute Gasteiger partial charge is 0.468 e. The maximum absolute atomic E-state index is 5.26. The first-order chi connectivity index (χ1) is 7.25. The van der Waals surface area contributed by atoms with Crippen molar-refractivity contribution < 1.29 is 8.94 Å². The molecule has 5 nitrogen and oxygen atoms in total. The Morgan fingerprint density at radius 3 is 3.00 bits per heavy atom. The SMILES string of the molecule is Cc1nc(CN[C@H](C)c2ccco2)no1. The third-order valence-corrected chi connectivity index (χ3v) is 2.11. The van der Waals surface area contributed by atoms with Crippen molar-refractivity contribution in [1.29, 1.82) is 0 Å². The van der Waals surface area contributed by atoms with Gasteiger partial charge in [0.2, 0.25) is 5.89 Å². The summed E-state index contributed by atoms with van der Waals surface area (Å²) < 4.78 is 10.1. The highest BCUT2D eigenvalue weighted by atomic mass is 16.5. The molecule has 0 aromatic carbocycles. The molecule has 0 spiro atoms. The van der Waals surface area contributed by atoms with E-state index in [0.717, 1.165) is 5.76 Å². The second kappa shape index (κ2) is 4.27. The Balaban J connectivity index is 1.88. The van der Waals surface area contributed by atoms with Gasteiger partial charge in [0, 0.05) is 6.92 Å². The molecule has 15 heavy (non-hydrogen) atoms. The second-order valence-corrected chi connectivity index (χ2v) is 3.35. The zero-order valence-electron chi connectivity index (χ0n) is 8.73. The molecule has 0 fully saturated rings. The van der Waals surface area contributed by atoms with Crippen molar-refractivity contribution in [3.63, 3.8) is 0 Å². The van der Waals surface area contributed by atoms with Gasteiger partial charge in [-0.05, 0) is 19.1 Å². The Bertz CT molecular complexity index is 408. The van der Waals surface area contributed by atoms with Crippen LogP contribution in [0.5, 0.6) is 0 Å². The van der Waals surface area contributed by atoms with E-state index in [-0.39, 0.29) is 6.04 Å². The Morgan fingerprint density at radius 1 is 1.53 bits per heavy atom. The number of hydrogen-bond acceptors (Lipinski definition) is 5. The Kier molecular flexibility index (Phi) is 2.82. The monoisotopic (exact) mass is 207 g/mol. The smallest absolute Gasteiger partial charge is 0.223 e. The third-order valence-electron chi connectivity index (χ3n) is 2.11. The maximum Gasteiger partial charge on any atom is 0.223 e. The van der Waals surface area contributed by atoms with Gasteiger partial charge in [0.25, 0.3) is 0 Å². The maximum atomic E-state index is 5.26. The van der Waals surface area contributed by atoms with Crippen LogP contribution in [-0.4, -0.2) is 10.1 Å². The average molecular weight is 207 g/mol. The lowest BCUT2D eigenvalue weighted by Crippen LogP contribution is -2.18. The van der Waals surface area contributed by atoms with Crippen LogP contribution in [-0.2, 0) is 6.54 Å². The Labute approximate surface area is 87.5 Å². The van der Waals surface area contributed by atoms with E-state index in [1.54, 1.807) is 13.2 Å². The molecule has 0 amide bonds. The van der Waals surface area contributed by atoms with Gasteiger partial charge in [0.15, 0.2) is 5.82 Å². The lowest BCUT2D eigenvalue weighted by molar-refractivity contribution is 0.380. The number of aryl methyl sites for hydroxylation is 1. The minimum Gasteiger partial charge on any atom is -0.468 e. The fourth-order valence-corrected chi connectivity index (χ4v) is 1.30. The topological polar surface area (TPSA) is 64.1 Å². The van der Waals surface area contributed by atoms with Gasteiger partial charge in [-0.25, -0.2) is 0 Å².